The highest BCUT2D eigenvalue weighted by atomic mass is 16.2. The van der Waals surface area contributed by atoms with Gasteiger partial charge in [0.05, 0.1) is 0 Å². The summed E-state index contributed by atoms with van der Waals surface area (Å²) in [5.41, 5.74) is 6.29. The molecule has 4 nitrogen and oxygen atoms in total. The summed E-state index contributed by atoms with van der Waals surface area (Å²) < 4.78 is 0. The van der Waals surface area contributed by atoms with Gasteiger partial charge in [-0.1, -0.05) is 19.8 Å². The minimum atomic E-state index is 0.0891. The molecule has 0 radical (unpaired) electrons. The fourth-order valence-electron chi connectivity index (χ4n) is 2.83. The minimum absolute atomic E-state index is 0.0891. The molecule has 1 fully saturated rings. The first-order valence-corrected chi connectivity index (χ1v) is 7.21. The molecule has 0 aromatic carbocycles. The smallest absolute Gasteiger partial charge is 0.254 e. The van der Waals surface area contributed by atoms with Gasteiger partial charge in [-0.25, -0.2) is 4.98 Å². The molecule has 1 aromatic heterocycles. The Morgan fingerprint density at radius 3 is 3.05 bits per heavy atom. The predicted molar refractivity (Wildman–Crippen MR) is 76.8 cm³/mol. The largest absolute Gasteiger partial charge is 0.384 e. The average molecular weight is 261 g/mol. The summed E-state index contributed by atoms with van der Waals surface area (Å²) in [6.07, 6.45) is 7.59. The first-order valence-electron chi connectivity index (χ1n) is 7.21. The van der Waals surface area contributed by atoms with Gasteiger partial charge in [0.1, 0.15) is 5.82 Å². The number of hydrogen-bond donors (Lipinski definition) is 1. The summed E-state index contributed by atoms with van der Waals surface area (Å²) in [6.45, 7) is 3.96. The molecular formula is C15H23N3O. The lowest BCUT2D eigenvalue weighted by atomic mass is 9.96. The first kappa shape index (κ1) is 13.8. The fraction of sp³-hybridized carbons (Fsp3) is 0.600. The second-order valence-electron chi connectivity index (χ2n) is 5.35. The molecule has 1 aliphatic heterocycles. The Kier molecular flexibility index (Phi) is 4.77. The molecule has 1 aromatic rings. The number of nitrogens with zero attached hydrogens (tertiary/aromatic N) is 2. The van der Waals surface area contributed by atoms with Crippen molar-refractivity contribution in [1.82, 2.24) is 9.88 Å². The molecule has 0 spiro atoms. The zero-order valence-electron chi connectivity index (χ0n) is 11.6. The van der Waals surface area contributed by atoms with Crippen LogP contribution in [0.25, 0.3) is 0 Å². The first-order chi connectivity index (χ1) is 9.20. The van der Waals surface area contributed by atoms with Crippen molar-refractivity contribution < 1.29 is 4.79 Å². The minimum Gasteiger partial charge on any atom is -0.384 e. The van der Waals surface area contributed by atoms with Crippen LogP contribution in [-0.4, -0.2) is 28.9 Å². The lowest BCUT2D eigenvalue weighted by Gasteiger charge is -2.20. The monoisotopic (exact) mass is 261 g/mol. The van der Waals surface area contributed by atoms with Crippen LogP contribution in [0.15, 0.2) is 18.3 Å². The average Bonchev–Trinajstić information content (AvgIpc) is 2.64. The molecule has 1 saturated heterocycles. The van der Waals surface area contributed by atoms with Gasteiger partial charge in [-0.3, -0.25) is 4.79 Å². The Bertz CT molecular complexity index is 433. The predicted octanol–water partition coefficient (Wildman–Crippen LogP) is 2.71. The maximum absolute atomic E-state index is 12.4. The highest BCUT2D eigenvalue weighted by molar-refractivity contribution is 5.94. The van der Waals surface area contributed by atoms with Crippen LogP contribution in [0.4, 0.5) is 5.82 Å². The number of amides is 1. The van der Waals surface area contributed by atoms with E-state index in [1.165, 1.54) is 19.3 Å². The Labute approximate surface area is 115 Å². The highest BCUT2D eigenvalue weighted by Gasteiger charge is 2.21. The number of nitrogen functional groups attached to an aromatic ring is 1. The van der Waals surface area contributed by atoms with E-state index in [4.69, 9.17) is 5.73 Å². The zero-order valence-corrected chi connectivity index (χ0v) is 11.6. The van der Waals surface area contributed by atoms with Gasteiger partial charge >= 0.3 is 0 Å². The normalized spacial score (nSPS) is 20.1. The second-order valence-corrected chi connectivity index (χ2v) is 5.35. The number of likely N-dealkylation sites (tertiary alicyclic amines) is 1. The summed E-state index contributed by atoms with van der Waals surface area (Å²) in [5, 5.41) is 0. The topological polar surface area (TPSA) is 59.2 Å². The number of aromatic nitrogens is 1. The molecule has 1 atom stereocenters. The van der Waals surface area contributed by atoms with Crippen LogP contribution in [0.1, 0.15) is 49.4 Å². The molecule has 1 unspecified atom stereocenters. The summed E-state index contributed by atoms with van der Waals surface area (Å²) >= 11 is 0. The van der Waals surface area contributed by atoms with Crippen molar-refractivity contribution in [2.75, 3.05) is 18.8 Å². The molecule has 0 bridgehead atoms. The number of hydrogen-bond acceptors (Lipinski definition) is 3. The summed E-state index contributed by atoms with van der Waals surface area (Å²) in [6, 6.07) is 3.41. The van der Waals surface area contributed by atoms with Gasteiger partial charge in [0.25, 0.3) is 5.91 Å². The van der Waals surface area contributed by atoms with Gasteiger partial charge in [0.15, 0.2) is 0 Å². The molecule has 2 heterocycles. The van der Waals surface area contributed by atoms with Crippen molar-refractivity contribution in [2.24, 2.45) is 5.92 Å². The van der Waals surface area contributed by atoms with Gasteiger partial charge < -0.3 is 10.6 Å². The van der Waals surface area contributed by atoms with E-state index in [9.17, 15) is 4.79 Å². The van der Waals surface area contributed by atoms with E-state index in [1.54, 1.807) is 18.3 Å². The molecule has 2 rings (SSSR count). The van der Waals surface area contributed by atoms with Gasteiger partial charge in [0, 0.05) is 24.8 Å². The van der Waals surface area contributed by atoms with Crippen LogP contribution in [0.3, 0.4) is 0 Å². The molecule has 4 heteroatoms. The van der Waals surface area contributed by atoms with E-state index in [2.05, 4.69) is 11.9 Å². The summed E-state index contributed by atoms with van der Waals surface area (Å²) in [4.78, 5) is 18.3. The summed E-state index contributed by atoms with van der Waals surface area (Å²) in [7, 11) is 0. The molecule has 1 aliphatic rings. The second kappa shape index (κ2) is 6.55. The third-order valence-corrected chi connectivity index (χ3v) is 3.86. The number of pyridine rings is 1. The van der Waals surface area contributed by atoms with Crippen molar-refractivity contribution in [3.8, 4) is 0 Å². The molecule has 104 valence electrons. The van der Waals surface area contributed by atoms with Crippen LogP contribution in [0.2, 0.25) is 0 Å². The molecule has 0 saturated carbocycles. The van der Waals surface area contributed by atoms with Crippen LogP contribution in [-0.2, 0) is 0 Å². The maximum Gasteiger partial charge on any atom is 0.254 e. The standard InChI is InChI=1S/C15H23N3O/c1-2-4-12-5-3-9-18(10-7-12)15(19)13-6-8-17-14(16)11-13/h6,8,11-12H,2-5,7,9-10H2,1H3,(H2,16,17). The molecule has 0 aliphatic carbocycles. The number of anilines is 1. The third-order valence-electron chi connectivity index (χ3n) is 3.86. The SMILES string of the molecule is CCCC1CCCN(C(=O)c2ccnc(N)c2)CC1. The van der Waals surface area contributed by atoms with E-state index in [0.29, 0.717) is 11.4 Å². The van der Waals surface area contributed by atoms with Gasteiger partial charge in [-0.05, 0) is 37.3 Å². The van der Waals surface area contributed by atoms with E-state index in [0.717, 1.165) is 31.8 Å². The van der Waals surface area contributed by atoms with E-state index in [-0.39, 0.29) is 5.91 Å². The lowest BCUT2D eigenvalue weighted by molar-refractivity contribution is 0.0760. The third kappa shape index (κ3) is 3.69. The van der Waals surface area contributed by atoms with Crippen molar-refractivity contribution in [3.05, 3.63) is 23.9 Å². The Morgan fingerprint density at radius 2 is 2.32 bits per heavy atom. The van der Waals surface area contributed by atoms with Crippen molar-refractivity contribution in [3.63, 3.8) is 0 Å². The molecular weight excluding hydrogens is 238 g/mol. The van der Waals surface area contributed by atoms with Gasteiger partial charge in [-0.2, -0.15) is 0 Å². The number of rotatable bonds is 3. The number of carbonyl (C=O) groups is 1. The van der Waals surface area contributed by atoms with Crippen LogP contribution >= 0.6 is 0 Å². The van der Waals surface area contributed by atoms with Crippen molar-refractivity contribution >= 4 is 11.7 Å². The van der Waals surface area contributed by atoms with Gasteiger partial charge in [0.2, 0.25) is 0 Å². The fourth-order valence-corrected chi connectivity index (χ4v) is 2.83. The molecule has 1 amide bonds. The van der Waals surface area contributed by atoms with Crippen molar-refractivity contribution in [1.29, 1.82) is 0 Å². The highest BCUT2D eigenvalue weighted by Crippen LogP contribution is 2.22. The zero-order chi connectivity index (χ0) is 13.7. The number of carbonyl (C=O) groups excluding carboxylic acids is 1. The lowest BCUT2D eigenvalue weighted by Crippen LogP contribution is -2.32. The Hall–Kier alpha value is -1.58. The van der Waals surface area contributed by atoms with E-state index < -0.39 is 0 Å². The maximum atomic E-state index is 12.4. The van der Waals surface area contributed by atoms with E-state index >= 15 is 0 Å². The Morgan fingerprint density at radius 1 is 1.47 bits per heavy atom. The van der Waals surface area contributed by atoms with E-state index in [1.807, 2.05) is 4.90 Å². The molecule has 2 N–H and O–H groups in total. The van der Waals surface area contributed by atoms with Gasteiger partial charge in [-0.15, -0.1) is 0 Å². The Balaban J connectivity index is 2.00. The van der Waals surface area contributed by atoms with Crippen LogP contribution in [0.5, 0.6) is 0 Å². The van der Waals surface area contributed by atoms with Crippen LogP contribution < -0.4 is 5.73 Å². The summed E-state index contributed by atoms with van der Waals surface area (Å²) in [5.74, 6) is 1.28. The number of nitrogens with two attached hydrogens (primary N) is 1. The van der Waals surface area contributed by atoms with Crippen molar-refractivity contribution in [2.45, 2.75) is 39.0 Å². The quantitative estimate of drug-likeness (QED) is 0.910. The molecule has 19 heavy (non-hydrogen) atoms. The van der Waals surface area contributed by atoms with Crippen LogP contribution in [0, 0.1) is 5.92 Å².